The third-order valence-electron chi connectivity index (χ3n) is 4.85. The summed E-state index contributed by atoms with van der Waals surface area (Å²) < 4.78 is 0. The van der Waals surface area contributed by atoms with E-state index in [4.69, 9.17) is 5.11 Å². The maximum atomic E-state index is 11.4. The molecule has 2 aliphatic heterocycles. The first-order chi connectivity index (χ1) is 10.3. The molecule has 0 aromatic carbocycles. The normalized spacial score (nSPS) is 30.9. The fraction of sp³-hybridized carbons (Fsp3) is 0.929. The van der Waals surface area contributed by atoms with Crippen LogP contribution in [0.3, 0.4) is 0 Å². The lowest BCUT2D eigenvalue weighted by atomic mass is 10.0. The maximum absolute atomic E-state index is 11.4. The molecule has 0 aromatic heterocycles. The van der Waals surface area contributed by atoms with Gasteiger partial charge in [0.2, 0.25) is 5.91 Å². The Morgan fingerprint density at radius 3 is 2.36 bits per heavy atom. The molecule has 2 heterocycles. The zero-order chi connectivity index (χ0) is 16.4. The minimum absolute atomic E-state index is 0.0384. The zero-order valence-electron chi connectivity index (χ0n) is 12.7. The summed E-state index contributed by atoms with van der Waals surface area (Å²) in [6, 6.07) is 0.158. The molecular weight excluding hydrogens is 292 g/mol. The molecule has 0 aromatic rings. The van der Waals surface area contributed by atoms with E-state index in [-0.39, 0.29) is 18.5 Å². The first-order valence-electron chi connectivity index (χ1n) is 7.67. The second-order valence-corrected chi connectivity index (χ2v) is 6.33. The number of amides is 1. The Labute approximate surface area is 129 Å². The van der Waals surface area contributed by atoms with Crippen LogP contribution in [-0.2, 0) is 4.79 Å². The van der Waals surface area contributed by atoms with Crippen molar-refractivity contribution in [3.8, 4) is 0 Å². The summed E-state index contributed by atoms with van der Waals surface area (Å²) in [5.74, 6) is 0.414. The number of carbonyl (C=O) groups excluding carboxylic acids is 1. The van der Waals surface area contributed by atoms with Crippen LogP contribution in [0.15, 0.2) is 0 Å². The van der Waals surface area contributed by atoms with Gasteiger partial charge in [-0.05, 0) is 18.9 Å². The molecular formula is C14H26N2O6. The molecule has 0 saturated carbocycles. The summed E-state index contributed by atoms with van der Waals surface area (Å²) in [5, 5.41) is 47.7. The quantitative estimate of drug-likeness (QED) is 0.353. The van der Waals surface area contributed by atoms with Crippen molar-refractivity contribution in [2.75, 3.05) is 32.8 Å². The van der Waals surface area contributed by atoms with Gasteiger partial charge in [-0.25, -0.2) is 0 Å². The standard InChI is InChI=1S/C14H26N2O6/c1-8(18)16-4-9-2-3-15(10(9)5-16)6-11(19)13(21)14(22)12(20)7-17/h9-14,17,19-22H,2-7H2,1H3/t9-,10+,11+,12-,13-,14-/m1/s1. The number of carbonyl (C=O) groups is 1. The summed E-state index contributed by atoms with van der Waals surface area (Å²) >= 11 is 0. The van der Waals surface area contributed by atoms with E-state index < -0.39 is 31.0 Å². The number of β-amino-alcohol motifs (C(OH)–C–C–N with tert-alkyl or cyclic N) is 1. The van der Waals surface area contributed by atoms with Gasteiger partial charge < -0.3 is 30.4 Å². The van der Waals surface area contributed by atoms with Crippen LogP contribution in [-0.4, -0.2) is 104 Å². The van der Waals surface area contributed by atoms with E-state index in [1.54, 1.807) is 4.90 Å². The van der Waals surface area contributed by atoms with Gasteiger partial charge in [-0.15, -0.1) is 0 Å². The Kier molecular flexibility index (Phi) is 5.76. The summed E-state index contributed by atoms with van der Waals surface area (Å²) in [6.07, 6.45) is -4.93. The highest BCUT2D eigenvalue weighted by Gasteiger charge is 2.43. The average molecular weight is 318 g/mol. The van der Waals surface area contributed by atoms with Crippen LogP contribution in [0.25, 0.3) is 0 Å². The average Bonchev–Trinajstić information content (AvgIpc) is 3.06. The minimum atomic E-state index is -1.60. The van der Waals surface area contributed by atoms with Crippen LogP contribution in [0.4, 0.5) is 0 Å². The predicted octanol–water partition coefficient (Wildman–Crippen LogP) is -3.03. The van der Waals surface area contributed by atoms with Crippen molar-refractivity contribution in [2.24, 2.45) is 5.92 Å². The number of aliphatic hydroxyl groups excluding tert-OH is 5. The molecule has 2 aliphatic rings. The Bertz CT molecular complexity index is 396. The Morgan fingerprint density at radius 1 is 1.14 bits per heavy atom. The van der Waals surface area contributed by atoms with Crippen molar-refractivity contribution in [1.29, 1.82) is 0 Å². The molecule has 5 N–H and O–H groups in total. The lowest BCUT2D eigenvalue weighted by Gasteiger charge is -2.31. The van der Waals surface area contributed by atoms with E-state index in [1.165, 1.54) is 6.92 Å². The van der Waals surface area contributed by atoms with Gasteiger partial charge in [0.1, 0.15) is 18.3 Å². The van der Waals surface area contributed by atoms with Gasteiger partial charge in [-0.2, -0.15) is 0 Å². The second kappa shape index (κ2) is 7.20. The number of likely N-dealkylation sites (tertiary alicyclic amines) is 2. The van der Waals surface area contributed by atoms with Crippen molar-refractivity contribution in [3.63, 3.8) is 0 Å². The summed E-state index contributed by atoms with van der Waals surface area (Å²) in [5.41, 5.74) is 0. The first-order valence-corrected chi connectivity index (χ1v) is 7.67. The van der Waals surface area contributed by atoms with Crippen molar-refractivity contribution >= 4 is 5.91 Å². The van der Waals surface area contributed by atoms with Crippen LogP contribution in [0.2, 0.25) is 0 Å². The lowest BCUT2D eigenvalue weighted by molar-refractivity contribution is -0.128. The minimum Gasteiger partial charge on any atom is -0.394 e. The molecule has 0 radical (unpaired) electrons. The van der Waals surface area contributed by atoms with Crippen LogP contribution in [0.5, 0.6) is 0 Å². The number of fused-ring (bicyclic) bond motifs is 1. The van der Waals surface area contributed by atoms with Gasteiger partial charge in [0.25, 0.3) is 0 Å². The molecule has 128 valence electrons. The fourth-order valence-corrected chi connectivity index (χ4v) is 3.44. The SMILES string of the molecule is CC(=O)N1C[C@H]2CCN(C[C@H](O)[C@@H](O)[C@H](O)[C@H](O)CO)[C@H]2C1. The van der Waals surface area contributed by atoms with Crippen LogP contribution in [0.1, 0.15) is 13.3 Å². The summed E-state index contributed by atoms with van der Waals surface area (Å²) in [4.78, 5) is 15.2. The molecule has 0 unspecified atom stereocenters. The molecule has 2 rings (SSSR count). The molecule has 0 aliphatic carbocycles. The van der Waals surface area contributed by atoms with Gasteiger partial charge in [-0.1, -0.05) is 0 Å². The number of hydrogen-bond acceptors (Lipinski definition) is 7. The highest BCUT2D eigenvalue weighted by Crippen LogP contribution is 2.31. The van der Waals surface area contributed by atoms with Gasteiger partial charge in [0.05, 0.1) is 12.7 Å². The Hall–Kier alpha value is -0.770. The van der Waals surface area contributed by atoms with Crippen LogP contribution in [0, 0.1) is 5.92 Å². The van der Waals surface area contributed by atoms with Gasteiger partial charge in [-0.3, -0.25) is 9.69 Å². The molecule has 0 bridgehead atoms. The fourth-order valence-electron chi connectivity index (χ4n) is 3.44. The molecule has 6 atom stereocenters. The van der Waals surface area contributed by atoms with Gasteiger partial charge >= 0.3 is 0 Å². The molecule has 22 heavy (non-hydrogen) atoms. The zero-order valence-corrected chi connectivity index (χ0v) is 12.7. The molecule has 8 heteroatoms. The van der Waals surface area contributed by atoms with Crippen molar-refractivity contribution in [1.82, 2.24) is 9.80 Å². The third-order valence-corrected chi connectivity index (χ3v) is 4.85. The monoisotopic (exact) mass is 318 g/mol. The molecule has 8 nitrogen and oxygen atoms in total. The molecule has 0 spiro atoms. The van der Waals surface area contributed by atoms with Crippen molar-refractivity contribution in [2.45, 2.75) is 43.8 Å². The lowest BCUT2D eigenvalue weighted by Crippen LogP contribution is -2.51. The van der Waals surface area contributed by atoms with Crippen molar-refractivity contribution < 1.29 is 30.3 Å². The van der Waals surface area contributed by atoms with E-state index in [2.05, 4.69) is 0 Å². The number of aliphatic hydroxyl groups is 5. The topological polar surface area (TPSA) is 125 Å². The Balaban J connectivity index is 1.89. The van der Waals surface area contributed by atoms with E-state index in [0.717, 1.165) is 19.5 Å². The largest absolute Gasteiger partial charge is 0.394 e. The molecule has 2 saturated heterocycles. The highest BCUT2D eigenvalue weighted by atomic mass is 16.4. The maximum Gasteiger partial charge on any atom is 0.219 e. The molecule has 1 amide bonds. The summed E-state index contributed by atoms with van der Waals surface area (Å²) in [7, 11) is 0. The van der Waals surface area contributed by atoms with E-state index in [9.17, 15) is 25.2 Å². The summed E-state index contributed by atoms with van der Waals surface area (Å²) in [6.45, 7) is 3.11. The number of hydrogen-bond donors (Lipinski definition) is 5. The predicted molar refractivity (Wildman–Crippen MR) is 76.8 cm³/mol. The smallest absolute Gasteiger partial charge is 0.219 e. The van der Waals surface area contributed by atoms with Crippen molar-refractivity contribution in [3.05, 3.63) is 0 Å². The third kappa shape index (κ3) is 3.58. The molecule has 2 fully saturated rings. The van der Waals surface area contributed by atoms with E-state index >= 15 is 0 Å². The van der Waals surface area contributed by atoms with E-state index in [0.29, 0.717) is 12.5 Å². The highest BCUT2D eigenvalue weighted by molar-refractivity contribution is 5.73. The van der Waals surface area contributed by atoms with E-state index in [1.807, 2.05) is 4.90 Å². The Morgan fingerprint density at radius 2 is 1.77 bits per heavy atom. The number of rotatable bonds is 6. The second-order valence-electron chi connectivity index (χ2n) is 6.33. The number of nitrogens with zero attached hydrogens (tertiary/aromatic N) is 2. The van der Waals surface area contributed by atoms with Crippen LogP contribution < -0.4 is 0 Å². The van der Waals surface area contributed by atoms with Gasteiger partial charge in [0.15, 0.2) is 0 Å². The van der Waals surface area contributed by atoms with Gasteiger partial charge in [0, 0.05) is 32.6 Å². The first kappa shape index (κ1) is 17.6. The van der Waals surface area contributed by atoms with Crippen LogP contribution >= 0.6 is 0 Å².